The third-order valence-electron chi connectivity index (χ3n) is 2.40. The van der Waals surface area contributed by atoms with E-state index in [-0.39, 0.29) is 0 Å². The Hall–Kier alpha value is -0.123. The first-order valence-electron chi connectivity index (χ1n) is 6.57. The van der Waals surface area contributed by atoms with Gasteiger partial charge in [0.2, 0.25) is 0 Å². The van der Waals surface area contributed by atoms with Crippen LogP contribution in [-0.2, 0) is 8.85 Å². The molecule has 0 aromatic heterocycles. The molecule has 0 atom stereocenters. The Kier molecular flexibility index (Phi) is 12.8. The van der Waals surface area contributed by atoms with E-state index in [0.29, 0.717) is 0 Å². The molecule has 16 heavy (non-hydrogen) atoms. The number of hydrogen-bond acceptors (Lipinski definition) is 2. The topological polar surface area (TPSA) is 18.5 Å². The maximum Gasteiger partial charge on any atom is 0.384 e. The summed E-state index contributed by atoms with van der Waals surface area (Å²) in [7, 11) is -0.960. The van der Waals surface area contributed by atoms with E-state index < -0.39 is 9.28 Å². The van der Waals surface area contributed by atoms with E-state index in [1.165, 1.54) is 32.1 Å². The Morgan fingerprint density at radius 3 is 2.06 bits per heavy atom. The van der Waals surface area contributed by atoms with E-state index >= 15 is 0 Å². The fourth-order valence-corrected chi connectivity index (χ4v) is 3.15. The van der Waals surface area contributed by atoms with Gasteiger partial charge in [-0.2, -0.15) is 0 Å². The summed E-state index contributed by atoms with van der Waals surface area (Å²) >= 11 is 0. The van der Waals surface area contributed by atoms with Gasteiger partial charge >= 0.3 is 9.28 Å². The highest BCUT2D eigenvalue weighted by Gasteiger charge is 2.13. The standard InChI is InChI=1S/C13H27O2Si/c1-4-7-8-9-10-11-12-13-16(14-5-2)15-6-3/h4H,1,5-13H2,2-3H3. The Labute approximate surface area is 103 Å². The van der Waals surface area contributed by atoms with E-state index in [4.69, 9.17) is 8.85 Å². The molecule has 1 radical (unpaired) electrons. The highest BCUT2D eigenvalue weighted by molar-refractivity contribution is 6.44. The largest absolute Gasteiger partial charge is 0.394 e. The molecule has 0 bridgehead atoms. The van der Waals surface area contributed by atoms with Gasteiger partial charge < -0.3 is 8.85 Å². The van der Waals surface area contributed by atoms with Crippen molar-refractivity contribution in [2.45, 2.75) is 58.4 Å². The molecule has 0 aromatic carbocycles. The van der Waals surface area contributed by atoms with Gasteiger partial charge in [0, 0.05) is 13.2 Å². The Morgan fingerprint density at radius 1 is 0.938 bits per heavy atom. The van der Waals surface area contributed by atoms with Crippen LogP contribution in [0.15, 0.2) is 12.7 Å². The zero-order valence-corrected chi connectivity index (χ0v) is 12.0. The lowest BCUT2D eigenvalue weighted by Gasteiger charge is -2.12. The summed E-state index contributed by atoms with van der Waals surface area (Å²) in [6, 6.07) is 1.13. The average Bonchev–Trinajstić information content (AvgIpc) is 2.28. The van der Waals surface area contributed by atoms with Crippen molar-refractivity contribution >= 4 is 9.28 Å². The van der Waals surface area contributed by atoms with Crippen LogP contribution in [0.3, 0.4) is 0 Å². The van der Waals surface area contributed by atoms with Crippen LogP contribution in [0.4, 0.5) is 0 Å². The predicted octanol–water partition coefficient (Wildman–Crippen LogP) is 4.07. The normalized spacial score (nSPS) is 10.9. The third-order valence-corrected chi connectivity index (χ3v) is 4.38. The zero-order chi connectivity index (χ0) is 12.1. The van der Waals surface area contributed by atoms with E-state index in [0.717, 1.165) is 25.7 Å². The zero-order valence-electron chi connectivity index (χ0n) is 11.0. The SMILES string of the molecule is C=CCCCCCCC[Si](OCC)OCC. The molecular formula is C13H27O2Si. The molecule has 0 aromatic rings. The second-order valence-corrected chi connectivity index (χ2v) is 5.65. The second-order valence-electron chi connectivity index (χ2n) is 3.83. The minimum absolute atomic E-state index is 0.785. The van der Waals surface area contributed by atoms with Gasteiger partial charge in [0.25, 0.3) is 0 Å². The molecule has 0 unspecified atom stereocenters. The molecule has 0 rings (SSSR count). The molecular weight excluding hydrogens is 216 g/mol. The van der Waals surface area contributed by atoms with Crippen molar-refractivity contribution in [3.63, 3.8) is 0 Å². The molecule has 0 N–H and O–H groups in total. The smallest absolute Gasteiger partial charge is 0.384 e. The summed E-state index contributed by atoms with van der Waals surface area (Å²) in [5.74, 6) is 0. The van der Waals surface area contributed by atoms with Crippen molar-refractivity contribution in [1.82, 2.24) is 0 Å². The molecule has 0 saturated carbocycles. The first-order chi connectivity index (χ1) is 7.85. The van der Waals surface area contributed by atoms with Gasteiger partial charge in [0.05, 0.1) is 0 Å². The monoisotopic (exact) mass is 243 g/mol. The first kappa shape index (κ1) is 15.9. The van der Waals surface area contributed by atoms with Crippen LogP contribution in [0.2, 0.25) is 6.04 Å². The Morgan fingerprint density at radius 2 is 1.50 bits per heavy atom. The summed E-state index contributed by atoms with van der Waals surface area (Å²) < 4.78 is 11.2. The van der Waals surface area contributed by atoms with Gasteiger partial charge in [-0.3, -0.25) is 0 Å². The highest BCUT2D eigenvalue weighted by atomic mass is 28.3. The van der Waals surface area contributed by atoms with Crippen LogP contribution in [0, 0.1) is 0 Å². The molecule has 0 aliphatic heterocycles. The lowest BCUT2D eigenvalue weighted by Crippen LogP contribution is -2.22. The van der Waals surface area contributed by atoms with E-state index in [2.05, 4.69) is 6.58 Å². The lowest BCUT2D eigenvalue weighted by molar-refractivity contribution is 0.212. The molecule has 0 heterocycles. The van der Waals surface area contributed by atoms with Crippen LogP contribution in [0.25, 0.3) is 0 Å². The molecule has 3 heteroatoms. The van der Waals surface area contributed by atoms with Gasteiger partial charge in [-0.15, -0.1) is 6.58 Å². The summed E-state index contributed by atoms with van der Waals surface area (Å²) in [6.45, 7) is 9.38. The van der Waals surface area contributed by atoms with Gasteiger partial charge in [-0.1, -0.05) is 31.8 Å². The van der Waals surface area contributed by atoms with E-state index in [1.54, 1.807) is 0 Å². The fourth-order valence-electron chi connectivity index (χ4n) is 1.60. The average molecular weight is 243 g/mol. The molecule has 0 aliphatic rings. The quantitative estimate of drug-likeness (QED) is 0.292. The Bertz CT molecular complexity index is 145. The van der Waals surface area contributed by atoms with Crippen LogP contribution >= 0.6 is 0 Å². The fraction of sp³-hybridized carbons (Fsp3) is 0.846. The molecule has 2 nitrogen and oxygen atoms in total. The maximum absolute atomic E-state index is 5.59. The van der Waals surface area contributed by atoms with Gasteiger partial charge in [-0.05, 0) is 32.7 Å². The third kappa shape index (κ3) is 10.4. The lowest BCUT2D eigenvalue weighted by atomic mass is 10.1. The van der Waals surface area contributed by atoms with Gasteiger partial charge in [0.15, 0.2) is 0 Å². The van der Waals surface area contributed by atoms with E-state index in [1.807, 2.05) is 19.9 Å². The molecule has 95 valence electrons. The summed E-state index contributed by atoms with van der Waals surface area (Å²) in [4.78, 5) is 0. The molecule has 0 spiro atoms. The second kappa shape index (κ2) is 12.9. The van der Waals surface area contributed by atoms with Crippen molar-refractivity contribution in [2.24, 2.45) is 0 Å². The van der Waals surface area contributed by atoms with Crippen molar-refractivity contribution in [3.05, 3.63) is 12.7 Å². The number of unbranched alkanes of at least 4 members (excludes halogenated alkanes) is 5. The molecule has 0 fully saturated rings. The van der Waals surface area contributed by atoms with Gasteiger partial charge in [0.1, 0.15) is 0 Å². The number of allylic oxidation sites excluding steroid dienone is 1. The highest BCUT2D eigenvalue weighted by Crippen LogP contribution is 2.10. The first-order valence-corrected chi connectivity index (χ1v) is 8.09. The van der Waals surface area contributed by atoms with Crippen molar-refractivity contribution in [2.75, 3.05) is 13.2 Å². The van der Waals surface area contributed by atoms with Crippen LogP contribution < -0.4 is 0 Å². The van der Waals surface area contributed by atoms with Crippen LogP contribution in [-0.4, -0.2) is 22.5 Å². The summed E-state index contributed by atoms with van der Waals surface area (Å²) in [5.41, 5.74) is 0. The van der Waals surface area contributed by atoms with Crippen molar-refractivity contribution in [3.8, 4) is 0 Å². The molecule has 0 aliphatic carbocycles. The number of hydrogen-bond donors (Lipinski definition) is 0. The van der Waals surface area contributed by atoms with Crippen LogP contribution in [0.1, 0.15) is 52.4 Å². The van der Waals surface area contributed by atoms with Gasteiger partial charge in [-0.25, -0.2) is 0 Å². The van der Waals surface area contributed by atoms with E-state index in [9.17, 15) is 0 Å². The minimum atomic E-state index is -0.960. The summed E-state index contributed by atoms with van der Waals surface area (Å²) in [6.07, 6.45) is 9.68. The minimum Gasteiger partial charge on any atom is -0.394 e. The molecule has 0 saturated heterocycles. The van der Waals surface area contributed by atoms with Crippen molar-refractivity contribution in [1.29, 1.82) is 0 Å². The Balaban J connectivity index is 3.28. The number of rotatable bonds is 12. The molecule has 0 amide bonds. The summed E-state index contributed by atoms with van der Waals surface area (Å²) in [5, 5.41) is 0. The maximum atomic E-state index is 5.59. The predicted molar refractivity (Wildman–Crippen MR) is 71.7 cm³/mol. The van der Waals surface area contributed by atoms with Crippen LogP contribution in [0.5, 0.6) is 0 Å². The van der Waals surface area contributed by atoms with Crippen molar-refractivity contribution < 1.29 is 8.85 Å².